The molecule has 3 rings (SSSR count). The molecule has 2 aromatic carbocycles. The van der Waals surface area contributed by atoms with E-state index in [1.165, 1.54) is 6.07 Å². The Hall–Kier alpha value is -3.14. The normalized spacial score (nSPS) is 10.4. The minimum atomic E-state index is -1.10. The number of ketones is 1. The van der Waals surface area contributed by atoms with Gasteiger partial charge in [0.15, 0.2) is 0 Å². The number of carboxylic acids is 1. The van der Waals surface area contributed by atoms with Crippen molar-refractivity contribution < 1.29 is 14.7 Å². The molecule has 0 unspecified atom stereocenters. The molecule has 0 spiro atoms. The summed E-state index contributed by atoms with van der Waals surface area (Å²) in [5, 5.41) is 9.26. The van der Waals surface area contributed by atoms with Gasteiger partial charge in [0, 0.05) is 18.3 Å². The Morgan fingerprint density at radius 1 is 0.826 bits per heavy atom. The highest BCUT2D eigenvalue weighted by atomic mass is 16.4. The molecule has 1 aromatic heterocycles. The van der Waals surface area contributed by atoms with Gasteiger partial charge < -0.3 is 9.67 Å². The summed E-state index contributed by atoms with van der Waals surface area (Å²) >= 11 is 0. The van der Waals surface area contributed by atoms with Crippen LogP contribution in [0.5, 0.6) is 0 Å². The van der Waals surface area contributed by atoms with Gasteiger partial charge in [-0.15, -0.1) is 0 Å². The number of carbonyl (C=O) groups excluding carboxylic acids is 1. The molecule has 0 atom stereocenters. The summed E-state index contributed by atoms with van der Waals surface area (Å²) in [7, 11) is 0. The van der Waals surface area contributed by atoms with Crippen LogP contribution in [0.1, 0.15) is 32.0 Å². The van der Waals surface area contributed by atoms with Gasteiger partial charge in [-0.3, -0.25) is 4.79 Å². The van der Waals surface area contributed by atoms with Crippen LogP contribution < -0.4 is 0 Å². The molecule has 0 radical (unpaired) electrons. The van der Waals surface area contributed by atoms with Crippen LogP contribution in [-0.4, -0.2) is 21.4 Å². The van der Waals surface area contributed by atoms with E-state index in [4.69, 9.17) is 0 Å². The van der Waals surface area contributed by atoms with Gasteiger partial charge in [0.05, 0.1) is 11.3 Å². The topological polar surface area (TPSA) is 59.3 Å². The summed E-state index contributed by atoms with van der Waals surface area (Å²) in [4.78, 5) is 24.1. The van der Waals surface area contributed by atoms with E-state index in [0.717, 1.165) is 5.56 Å². The van der Waals surface area contributed by atoms with Crippen LogP contribution in [0, 0.1) is 0 Å². The van der Waals surface area contributed by atoms with E-state index in [1.54, 1.807) is 30.3 Å². The molecule has 0 aliphatic rings. The van der Waals surface area contributed by atoms with Crippen molar-refractivity contribution in [2.45, 2.75) is 6.54 Å². The van der Waals surface area contributed by atoms with Gasteiger partial charge in [-0.1, -0.05) is 48.5 Å². The largest absolute Gasteiger partial charge is 0.478 e. The lowest BCUT2D eigenvalue weighted by Crippen LogP contribution is -2.14. The first-order chi connectivity index (χ1) is 11.2. The van der Waals surface area contributed by atoms with Gasteiger partial charge in [-0.05, 0) is 23.8 Å². The molecule has 0 amide bonds. The Balaban J connectivity index is 1.96. The molecule has 1 N–H and O–H groups in total. The number of hydrogen-bond donors (Lipinski definition) is 1. The highest BCUT2D eigenvalue weighted by molar-refractivity contribution is 6.13. The molecule has 0 bridgehead atoms. The maximum absolute atomic E-state index is 12.8. The number of hydrogen-bond acceptors (Lipinski definition) is 2. The maximum atomic E-state index is 12.8. The fourth-order valence-corrected chi connectivity index (χ4v) is 2.54. The van der Waals surface area contributed by atoms with Crippen molar-refractivity contribution in [3.8, 4) is 0 Å². The number of carbonyl (C=O) groups is 2. The van der Waals surface area contributed by atoms with Crippen LogP contribution >= 0.6 is 0 Å². The second-order valence-electron chi connectivity index (χ2n) is 5.19. The molecule has 23 heavy (non-hydrogen) atoms. The van der Waals surface area contributed by atoms with E-state index in [0.29, 0.717) is 12.2 Å². The summed E-state index contributed by atoms with van der Waals surface area (Å²) in [5.74, 6) is -1.39. The molecule has 3 aromatic rings. The molecule has 0 saturated heterocycles. The highest BCUT2D eigenvalue weighted by Crippen LogP contribution is 2.16. The third-order valence-corrected chi connectivity index (χ3v) is 3.66. The van der Waals surface area contributed by atoms with E-state index < -0.39 is 5.97 Å². The SMILES string of the molecule is O=C(O)c1ccccc1C(=O)c1cccn1Cc1ccccc1. The summed E-state index contributed by atoms with van der Waals surface area (Å²) in [5.41, 5.74) is 1.77. The first-order valence-corrected chi connectivity index (χ1v) is 7.23. The molecular weight excluding hydrogens is 290 g/mol. The lowest BCUT2D eigenvalue weighted by atomic mass is 10.0. The Bertz CT molecular complexity index is 850. The Morgan fingerprint density at radius 2 is 1.48 bits per heavy atom. The van der Waals surface area contributed by atoms with Crippen LogP contribution in [0.3, 0.4) is 0 Å². The van der Waals surface area contributed by atoms with Crippen LogP contribution in [-0.2, 0) is 6.54 Å². The molecule has 0 aliphatic carbocycles. The molecule has 4 heteroatoms. The van der Waals surface area contributed by atoms with E-state index in [2.05, 4.69) is 0 Å². The fourth-order valence-electron chi connectivity index (χ4n) is 2.54. The fraction of sp³-hybridized carbons (Fsp3) is 0.0526. The number of nitrogens with zero attached hydrogens (tertiary/aromatic N) is 1. The average molecular weight is 305 g/mol. The highest BCUT2D eigenvalue weighted by Gasteiger charge is 2.19. The van der Waals surface area contributed by atoms with E-state index >= 15 is 0 Å². The smallest absolute Gasteiger partial charge is 0.336 e. The Kier molecular flexibility index (Phi) is 4.06. The lowest BCUT2D eigenvalue weighted by Gasteiger charge is -2.10. The van der Waals surface area contributed by atoms with Crippen LogP contribution in [0.2, 0.25) is 0 Å². The molecule has 0 fully saturated rings. The van der Waals surface area contributed by atoms with Gasteiger partial charge in [-0.2, -0.15) is 0 Å². The first kappa shape index (κ1) is 14.8. The number of aromatic carboxylic acids is 1. The van der Waals surface area contributed by atoms with Crippen molar-refractivity contribution in [1.82, 2.24) is 4.57 Å². The van der Waals surface area contributed by atoms with Gasteiger partial charge >= 0.3 is 5.97 Å². The van der Waals surface area contributed by atoms with Gasteiger partial charge in [0.25, 0.3) is 0 Å². The minimum Gasteiger partial charge on any atom is -0.478 e. The Labute approximate surface area is 133 Å². The predicted octanol–water partition coefficient (Wildman–Crippen LogP) is 3.47. The zero-order chi connectivity index (χ0) is 16.2. The molecule has 1 heterocycles. The van der Waals surface area contributed by atoms with Crippen molar-refractivity contribution in [3.05, 3.63) is 95.3 Å². The summed E-state index contributed by atoms with van der Waals surface area (Å²) in [6.07, 6.45) is 1.82. The standard InChI is InChI=1S/C19H15NO3/c21-18(15-9-4-5-10-16(15)19(22)23)17-11-6-12-20(17)13-14-7-2-1-3-8-14/h1-12H,13H2,(H,22,23). The van der Waals surface area contributed by atoms with Gasteiger partial charge in [0.1, 0.15) is 0 Å². The second-order valence-corrected chi connectivity index (χ2v) is 5.19. The van der Waals surface area contributed by atoms with Crippen molar-refractivity contribution in [1.29, 1.82) is 0 Å². The van der Waals surface area contributed by atoms with Crippen LogP contribution in [0.25, 0.3) is 0 Å². The quantitative estimate of drug-likeness (QED) is 0.734. The molecule has 0 aliphatic heterocycles. The van der Waals surface area contributed by atoms with Gasteiger partial charge in [0.2, 0.25) is 5.78 Å². The zero-order valence-corrected chi connectivity index (χ0v) is 12.3. The van der Waals surface area contributed by atoms with Crippen molar-refractivity contribution in [2.75, 3.05) is 0 Å². The maximum Gasteiger partial charge on any atom is 0.336 e. The summed E-state index contributed by atoms with van der Waals surface area (Å²) in [6, 6.07) is 19.6. The van der Waals surface area contributed by atoms with Crippen LogP contribution in [0.15, 0.2) is 72.9 Å². The van der Waals surface area contributed by atoms with Crippen molar-refractivity contribution >= 4 is 11.8 Å². The average Bonchev–Trinajstić information content (AvgIpc) is 3.03. The zero-order valence-electron chi connectivity index (χ0n) is 12.3. The van der Waals surface area contributed by atoms with Crippen LogP contribution in [0.4, 0.5) is 0 Å². The predicted molar refractivity (Wildman–Crippen MR) is 86.8 cm³/mol. The third-order valence-electron chi connectivity index (χ3n) is 3.66. The lowest BCUT2D eigenvalue weighted by molar-refractivity contribution is 0.0692. The number of aromatic nitrogens is 1. The minimum absolute atomic E-state index is 0.0185. The third kappa shape index (κ3) is 3.06. The summed E-state index contributed by atoms with van der Waals surface area (Å²) < 4.78 is 1.83. The van der Waals surface area contributed by atoms with Gasteiger partial charge in [-0.25, -0.2) is 4.79 Å². The van der Waals surface area contributed by atoms with Crippen molar-refractivity contribution in [3.63, 3.8) is 0 Å². The van der Waals surface area contributed by atoms with Crippen molar-refractivity contribution in [2.24, 2.45) is 0 Å². The molecular formula is C19H15NO3. The number of carboxylic acid groups (broad SMARTS) is 1. The molecule has 114 valence electrons. The summed E-state index contributed by atoms with van der Waals surface area (Å²) in [6.45, 7) is 0.560. The first-order valence-electron chi connectivity index (χ1n) is 7.23. The molecule has 0 saturated carbocycles. The number of benzene rings is 2. The van der Waals surface area contributed by atoms with E-state index in [1.807, 2.05) is 41.1 Å². The van der Waals surface area contributed by atoms with E-state index in [-0.39, 0.29) is 16.9 Å². The number of rotatable bonds is 5. The monoisotopic (exact) mass is 305 g/mol. The van der Waals surface area contributed by atoms with E-state index in [9.17, 15) is 14.7 Å². The molecule has 4 nitrogen and oxygen atoms in total. The second kappa shape index (κ2) is 6.32. The Morgan fingerprint density at radius 3 is 2.17 bits per heavy atom.